The van der Waals surface area contributed by atoms with E-state index >= 15 is 0 Å². The summed E-state index contributed by atoms with van der Waals surface area (Å²) in [6, 6.07) is 7.49. The van der Waals surface area contributed by atoms with Crippen LogP contribution in [0.4, 0.5) is 4.39 Å². The Morgan fingerprint density at radius 3 is 2.25 bits per heavy atom. The molecule has 3 heteroatoms. The lowest BCUT2D eigenvalue weighted by molar-refractivity contribution is -0.143. The highest BCUT2D eigenvalue weighted by Gasteiger charge is 2.27. The third kappa shape index (κ3) is 2.81. The molecule has 2 nitrogen and oxygen atoms in total. The molecule has 1 aromatic rings. The maximum atomic E-state index is 13.5. The van der Waals surface area contributed by atoms with E-state index in [1.165, 1.54) is 5.56 Å². The molecule has 2 atom stereocenters. The van der Waals surface area contributed by atoms with Crippen molar-refractivity contribution in [2.45, 2.75) is 38.8 Å². The van der Waals surface area contributed by atoms with Gasteiger partial charge >= 0.3 is 5.97 Å². The van der Waals surface area contributed by atoms with Gasteiger partial charge in [-0.05, 0) is 24.0 Å². The molecular formula is C13H17FO2. The Balaban J connectivity index is 2.90. The summed E-state index contributed by atoms with van der Waals surface area (Å²) in [4.78, 5) is 10.6. The van der Waals surface area contributed by atoms with Crippen molar-refractivity contribution < 1.29 is 14.3 Å². The van der Waals surface area contributed by atoms with E-state index in [1.807, 2.05) is 31.2 Å². The molecule has 0 fully saturated rings. The summed E-state index contributed by atoms with van der Waals surface area (Å²) in [7, 11) is 0. The van der Waals surface area contributed by atoms with Crippen LogP contribution >= 0.6 is 0 Å². The number of carboxylic acid groups (broad SMARTS) is 1. The van der Waals surface area contributed by atoms with Crippen LogP contribution < -0.4 is 0 Å². The summed E-state index contributed by atoms with van der Waals surface area (Å²) in [6.45, 7) is 3.84. The van der Waals surface area contributed by atoms with E-state index in [4.69, 9.17) is 5.11 Å². The molecule has 0 aliphatic carbocycles. The minimum absolute atomic E-state index is 0.485. The Bertz CT molecular complexity index is 345. The zero-order valence-corrected chi connectivity index (χ0v) is 9.61. The van der Waals surface area contributed by atoms with Crippen molar-refractivity contribution in [2.24, 2.45) is 0 Å². The fourth-order valence-corrected chi connectivity index (χ4v) is 1.78. The van der Waals surface area contributed by atoms with Crippen molar-refractivity contribution in [2.75, 3.05) is 0 Å². The molecule has 0 aliphatic heterocycles. The second-order valence-corrected chi connectivity index (χ2v) is 3.85. The van der Waals surface area contributed by atoms with Crippen molar-refractivity contribution in [1.82, 2.24) is 0 Å². The van der Waals surface area contributed by atoms with Crippen LogP contribution in [0.2, 0.25) is 0 Å². The van der Waals surface area contributed by atoms with Gasteiger partial charge in [0.15, 0.2) is 0 Å². The molecule has 2 unspecified atom stereocenters. The molecule has 0 saturated carbocycles. The number of rotatable bonds is 5. The summed E-state index contributed by atoms with van der Waals surface area (Å²) in [5.74, 6) is -1.94. The molecule has 0 heterocycles. The maximum absolute atomic E-state index is 13.5. The van der Waals surface area contributed by atoms with Crippen molar-refractivity contribution in [1.29, 1.82) is 0 Å². The topological polar surface area (TPSA) is 37.3 Å². The standard InChI is InChI=1S/C13H17FO2/c1-3-9-5-7-10(8-6-9)11(4-2)12(14)13(15)16/h5-8,11-12H,3-4H2,1-2H3,(H,15,16). The number of aliphatic carboxylic acids is 1. The molecule has 16 heavy (non-hydrogen) atoms. The summed E-state index contributed by atoms with van der Waals surface area (Å²) in [6.07, 6.45) is -0.411. The first kappa shape index (κ1) is 12.7. The molecule has 0 spiro atoms. The number of alkyl halides is 1. The molecule has 0 aliphatic rings. The Morgan fingerprint density at radius 1 is 1.31 bits per heavy atom. The Kier molecular flexibility index (Phi) is 4.47. The molecule has 1 N–H and O–H groups in total. The van der Waals surface area contributed by atoms with E-state index in [0.29, 0.717) is 6.42 Å². The van der Waals surface area contributed by atoms with E-state index in [2.05, 4.69) is 0 Å². The normalized spacial score (nSPS) is 14.4. The van der Waals surface area contributed by atoms with E-state index in [1.54, 1.807) is 6.92 Å². The van der Waals surface area contributed by atoms with Crippen LogP contribution in [-0.4, -0.2) is 17.2 Å². The number of halogens is 1. The number of hydrogen-bond acceptors (Lipinski definition) is 1. The highest BCUT2D eigenvalue weighted by atomic mass is 19.1. The van der Waals surface area contributed by atoms with Crippen LogP contribution in [0.3, 0.4) is 0 Å². The predicted octanol–water partition coefficient (Wildman–Crippen LogP) is 3.17. The van der Waals surface area contributed by atoms with Gasteiger partial charge in [0.1, 0.15) is 0 Å². The first-order valence-electron chi connectivity index (χ1n) is 5.55. The molecule has 0 aromatic heterocycles. The minimum Gasteiger partial charge on any atom is -0.479 e. The van der Waals surface area contributed by atoms with Gasteiger partial charge in [0.25, 0.3) is 0 Å². The van der Waals surface area contributed by atoms with Gasteiger partial charge in [0.05, 0.1) is 0 Å². The summed E-state index contributed by atoms with van der Waals surface area (Å²) in [5.41, 5.74) is 1.93. The van der Waals surface area contributed by atoms with Crippen LogP contribution in [0.15, 0.2) is 24.3 Å². The number of hydrogen-bond donors (Lipinski definition) is 1. The summed E-state index contributed by atoms with van der Waals surface area (Å²) >= 11 is 0. The van der Waals surface area contributed by atoms with E-state index in [9.17, 15) is 9.18 Å². The average Bonchev–Trinajstić information content (AvgIpc) is 2.30. The zero-order chi connectivity index (χ0) is 12.1. The maximum Gasteiger partial charge on any atom is 0.338 e. The first-order valence-corrected chi connectivity index (χ1v) is 5.55. The molecule has 0 radical (unpaired) electrons. The fourth-order valence-electron chi connectivity index (χ4n) is 1.78. The minimum atomic E-state index is -1.82. The van der Waals surface area contributed by atoms with Crippen molar-refractivity contribution in [3.63, 3.8) is 0 Å². The molecular weight excluding hydrogens is 207 g/mol. The predicted molar refractivity (Wildman–Crippen MR) is 61.4 cm³/mol. The van der Waals surface area contributed by atoms with Gasteiger partial charge in [-0.1, -0.05) is 38.1 Å². The third-order valence-electron chi connectivity index (χ3n) is 2.85. The third-order valence-corrected chi connectivity index (χ3v) is 2.85. The van der Waals surface area contributed by atoms with Gasteiger partial charge < -0.3 is 5.11 Å². The second-order valence-electron chi connectivity index (χ2n) is 3.85. The zero-order valence-electron chi connectivity index (χ0n) is 9.61. The SMILES string of the molecule is CCc1ccc(C(CC)C(F)C(=O)O)cc1. The highest BCUT2D eigenvalue weighted by molar-refractivity contribution is 5.73. The Labute approximate surface area is 95.1 Å². The number of benzene rings is 1. The Morgan fingerprint density at radius 2 is 1.88 bits per heavy atom. The first-order chi connectivity index (χ1) is 7.60. The molecule has 88 valence electrons. The largest absolute Gasteiger partial charge is 0.479 e. The number of carbonyl (C=O) groups is 1. The van der Waals surface area contributed by atoms with Crippen molar-refractivity contribution >= 4 is 5.97 Å². The van der Waals surface area contributed by atoms with E-state index in [-0.39, 0.29) is 0 Å². The second kappa shape index (κ2) is 5.64. The summed E-state index contributed by atoms with van der Waals surface area (Å²) < 4.78 is 13.5. The van der Waals surface area contributed by atoms with Gasteiger partial charge in [-0.25, -0.2) is 9.18 Å². The quantitative estimate of drug-likeness (QED) is 0.834. The Hall–Kier alpha value is -1.38. The molecule has 0 bridgehead atoms. The van der Waals surface area contributed by atoms with Gasteiger partial charge in [0.2, 0.25) is 6.17 Å². The van der Waals surface area contributed by atoms with Crippen molar-refractivity contribution in [3.8, 4) is 0 Å². The highest BCUT2D eigenvalue weighted by Crippen LogP contribution is 2.26. The fraction of sp³-hybridized carbons (Fsp3) is 0.462. The van der Waals surface area contributed by atoms with Crippen LogP contribution in [-0.2, 0) is 11.2 Å². The molecule has 0 amide bonds. The molecule has 0 saturated heterocycles. The lowest BCUT2D eigenvalue weighted by atomic mass is 9.91. The van der Waals surface area contributed by atoms with E-state index in [0.717, 1.165) is 12.0 Å². The average molecular weight is 224 g/mol. The summed E-state index contributed by atoms with van der Waals surface area (Å²) in [5, 5.41) is 8.67. The van der Waals surface area contributed by atoms with Crippen LogP contribution in [0.5, 0.6) is 0 Å². The smallest absolute Gasteiger partial charge is 0.338 e. The lowest BCUT2D eigenvalue weighted by Crippen LogP contribution is -2.23. The molecule has 1 rings (SSSR count). The van der Waals surface area contributed by atoms with Crippen LogP contribution in [0.25, 0.3) is 0 Å². The van der Waals surface area contributed by atoms with Gasteiger partial charge in [-0.2, -0.15) is 0 Å². The van der Waals surface area contributed by atoms with Gasteiger partial charge in [-0.15, -0.1) is 0 Å². The van der Waals surface area contributed by atoms with Crippen LogP contribution in [0, 0.1) is 0 Å². The van der Waals surface area contributed by atoms with Gasteiger partial charge in [0, 0.05) is 5.92 Å². The number of carboxylic acids is 1. The van der Waals surface area contributed by atoms with E-state index < -0.39 is 18.1 Å². The molecule has 1 aromatic carbocycles. The lowest BCUT2D eigenvalue weighted by Gasteiger charge is -2.17. The van der Waals surface area contributed by atoms with Crippen molar-refractivity contribution in [3.05, 3.63) is 35.4 Å². The monoisotopic (exact) mass is 224 g/mol. The van der Waals surface area contributed by atoms with Crippen LogP contribution in [0.1, 0.15) is 37.3 Å². The van der Waals surface area contributed by atoms with Gasteiger partial charge in [-0.3, -0.25) is 0 Å². The number of aryl methyl sites for hydroxylation is 1.